The summed E-state index contributed by atoms with van der Waals surface area (Å²) in [5.74, 6) is -0.228. The molecule has 0 unspecified atom stereocenters. The molecule has 0 saturated carbocycles. The van der Waals surface area contributed by atoms with Crippen molar-refractivity contribution >= 4 is 27.3 Å². The molecule has 1 amide bonds. The maximum atomic E-state index is 12.4. The van der Waals surface area contributed by atoms with Crippen LogP contribution in [0.3, 0.4) is 0 Å². The fraction of sp³-hybridized carbons (Fsp3) is 0.0500. The van der Waals surface area contributed by atoms with Gasteiger partial charge >= 0.3 is 0 Å². The number of hydrogen-bond acceptors (Lipinski definition) is 3. The lowest BCUT2D eigenvalue weighted by atomic mass is 10.0. The average molecular weight is 366 g/mol. The molecule has 3 aromatic rings. The Morgan fingerprint density at radius 2 is 1.27 bits per heavy atom. The Bertz CT molecular complexity index is 997. The number of carbonyl (C=O) groups excluding carboxylic acids is 1. The lowest BCUT2D eigenvalue weighted by Crippen LogP contribution is -2.12. The quantitative estimate of drug-likeness (QED) is 0.717. The Balaban J connectivity index is 1.68. The Kier molecular flexibility index (Phi) is 5.04. The third-order valence-corrected chi connectivity index (χ3v) is 4.31. The van der Waals surface area contributed by atoms with Gasteiger partial charge in [0.2, 0.25) is 10.0 Å². The van der Waals surface area contributed by atoms with E-state index in [2.05, 4.69) is 10.0 Å². The predicted molar refractivity (Wildman–Crippen MR) is 105 cm³/mol. The summed E-state index contributed by atoms with van der Waals surface area (Å²) in [6.45, 7) is 0. The molecule has 0 aliphatic carbocycles. The molecule has 132 valence electrons. The first kappa shape index (κ1) is 17.7. The topological polar surface area (TPSA) is 75.3 Å². The molecule has 0 radical (unpaired) electrons. The van der Waals surface area contributed by atoms with E-state index in [4.69, 9.17) is 0 Å². The molecule has 0 spiro atoms. The number of anilines is 2. The summed E-state index contributed by atoms with van der Waals surface area (Å²) in [6, 6.07) is 23.8. The molecular weight excluding hydrogens is 348 g/mol. The zero-order chi connectivity index (χ0) is 18.6. The molecular formula is C20H18N2O3S. The van der Waals surface area contributed by atoms with E-state index in [0.717, 1.165) is 17.4 Å². The molecule has 2 N–H and O–H groups in total. The highest BCUT2D eigenvalue weighted by molar-refractivity contribution is 7.92. The van der Waals surface area contributed by atoms with E-state index in [9.17, 15) is 13.2 Å². The van der Waals surface area contributed by atoms with Crippen LogP contribution in [-0.2, 0) is 10.0 Å². The molecule has 5 nitrogen and oxygen atoms in total. The van der Waals surface area contributed by atoms with Crippen molar-refractivity contribution in [3.63, 3.8) is 0 Å². The summed E-state index contributed by atoms with van der Waals surface area (Å²) in [5.41, 5.74) is 3.70. The molecule has 0 bridgehead atoms. The number of sulfonamides is 1. The van der Waals surface area contributed by atoms with Gasteiger partial charge < -0.3 is 5.32 Å². The van der Waals surface area contributed by atoms with E-state index >= 15 is 0 Å². The van der Waals surface area contributed by atoms with Gasteiger partial charge in [-0.1, -0.05) is 42.5 Å². The first-order chi connectivity index (χ1) is 12.4. The van der Waals surface area contributed by atoms with Crippen LogP contribution in [0, 0.1) is 0 Å². The van der Waals surface area contributed by atoms with Crippen molar-refractivity contribution in [2.24, 2.45) is 0 Å². The van der Waals surface area contributed by atoms with Gasteiger partial charge in [-0.05, 0) is 47.5 Å². The van der Waals surface area contributed by atoms with Gasteiger partial charge in [-0.3, -0.25) is 9.52 Å². The Morgan fingerprint density at radius 3 is 1.85 bits per heavy atom. The molecule has 0 aromatic heterocycles. The Labute approximate surface area is 152 Å². The second kappa shape index (κ2) is 7.41. The summed E-state index contributed by atoms with van der Waals surface area (Å²) in [6.07, 6.45) is 1.09. The highest BCUT2D eigenvalue weighted by atomic mass is 32.2. The number of rotatable bonds is 5. The maximum Gasteiger partial charge on any atom is 0.255 e. The summed E-state index contributed by atoms with van der Waals surface area (Å²) < 4.78 is 24.8. The zero-order valence-electron chi connectivity index (χ0n) is 14.1. The van der Waals surface area contributed by atoms with Crippen LogP contribution in [0.5, 0.6) is 0 Å². The van der Waals surface area contributed by atoms with Crippen molar-refractivity contribution < 1.29 is 13.2 Å². The molecule has 0 aliphatic rings. The van der Waals surface area contributed by atoms with E-state index in [1.165, 1.54) is 0 Å². The van der Waals surface area contributed by atoms with Crippen molar-refractivity contribution in [2.75, 3.05) is 16.3 Å². The maximum absolute atomic E-state index is 12.4. The fourth-order valence-electron chi connectivity index (χ4n) is 2.48. The van der Waals surface area contributed by atoms with Crippen LogP contribution < -0.4 is 10.0 Å². The molecule has 3 rings (SSSR count). The highest BCUT2D eigenvalue weighted by Crippen LogP contribution is 2.20. The molecule has 6 heteroatoms. The van der Waals surface area contributed by atoms with Crippen LogP contribution in [0.15, 0.2) is 78.9 Å². The normalized spacial score (nSPS) is 11.0. The number of benzene rings is 3. The lowest BCUT2D eigenvalue weighted by Gasteiger charge is -2.08. The number of carbonyl (C=O) groups is 1. The summed E-state index contributed by atoms with van der Waals surface area (Å²) in [5, 5.41) is 2.79. The van der Waals surface area contributed by atoms with Crippen LogP contribution in [0.1, 0.15) is 10.4 Å². The standard InChI is InChI=1S/C20H18N2O3S/c1-26(24,25)22-19-13-11-18(12-14-19)21-20(23)17-9-7-16(8-10-17)15-5-3-2-4-6-15/h2-14,22H,1H3,(H,21,23). The van der Waals surface area contributed by atoms with Gasteiger partial charge in [0.05, 0.1) is 6.26 Å². The van der Waals surface area contributed by atoms with E-state index in [-0.39, 0.29) is 5.91 Å². The van der Waals surface area contributed by atoms with Crippen LogP contribution in [0.25, 0.3) is 11.1 Å². The molecule has 0 heterocycles. The summed E-state index contributed by atoms with van der Waals surface area (Å²) >= 11 is 0. The minimum atomic E-state index is -3.32. The van der Waals surface area contributed by atoms with Gasteiger partial charge in [-0.2, -0.15) is 0 Å². The molecule has 0 aliphatic heterocycles. The summed E-state index contributed by atoms with van der Waals surface area (Å²) in [7, 11) is -3.32. The van der Waals surface area contributed by atoms with Crippen molar-refractivity contribution in [3.05, 3.63) is 84.4 Å². The smallest absolute Gasteiger partial charge is 0.255 e. The first-order valence-electron chi connectivity index (χ1n) is 7.95. The second-order valence-corrected chi connectivity index (χ2v) is 7.60. The molecule has 0 saturated heterocycles. The van der Waals surface area contributed by atoms with Crippen molar-refractivity contribution in [3.8, 4) is 11.1 Å². The number of nitrogens with one attached hydrogen (secondary N) is 2. The largest absolute Gasteiger partial charge is 0.322 e. The molecule has 0 atom stereocenters. The van der Waals surface area contributed by atoms with Gasteiger partial charge in [0.15, 0.2) is 0 Å². The van der Waals surface area contributed by atoms with E-state index in [1.807, 2.05) is 42.5 Å². The SMILES string of the molecule is CS(=O)(=O)Nc1ccc(NC(=O)c2ccc(-c3ccccc3)cc2)cc1. The van der Waals surface area contributed by atoms with Crippen LogP contribution >= 0.6 is 0 Å². The number of hydrogen-bond donors (Lipinski definition) is 2. The van der Waals surface area contributed by atoms with Gasteiger partial charge in [-0.25, -0.2) is 8.42 Å². The molecule has 0 fully saturated rings. The highest BCUT2D eigenvalue weighted by Gasteiger charge is 2.07. The van der Waals surface area contributed by atoms with Crippen LogP contribution in [0.4, 0.5) is 11.4 Å². The van der Waals surface area contributed by atoms with Crippen LogP contribution in [-0.4, -0.2) is 20.6 Å². The Hall–Kier alpha value is -3.12. The zero-order valence-corrected chi connectivity index (χ0v) is 15.0. The van der Waals surface area contributed by atoms with Gasteiger partial charge in [0, 0.05) is 16.9 Å². The fourth-order valence-corrected chi connectivity index (χ4v) is 3.05. The minimum Gasteiger partial charge on any atom is -0.322 e. The minimum absolute atomic E-state index is 0.228. The average Bonchev–Trinajstić information content (AvgIpc) is 2.63. The van der Waals surface area contributed by atoms with Gasteiger partial charge in [0.25, 0.3) is 5.91 Å². The van der Waals surface area contributed by atoms with Crippen LogP contribution in [0.2, 0.25) is 0 Å². The van der Waals surface area contributed by atoms with Crippen molar-refractivity contribution in [2.45, 2.75) is 0 Å². The monoisotopic (exact) mass is 366 g/mol. The third kappa shape index (κ3) is 4.70. The third-order valence-electron chi connectivity index (χ3n) is 3.70. The van der Waals surface area contributed by atoms with E-state index in [0.29, 0.717) is 16.9 Å². The molecule has 3 aromatic carbocycles. The van der Waals surface area contributed by atoms with E-state index in [1.54, 1.807) is 36.4 Å². The molecule has 26 heavy (non-hydrogen) atoms. The second-order valence-electron chi connectivity index (χ2n) is 5.85. The van der Waals surface area contributed by atoms with Gasteiger partial charge in [-0.15, -0.1) is 0 Å². The van der Waals surface area contributed by atoms with Gasteiger partial charge in [0.1, 0.15) is 0 Å². The summed E-state index contributed by atoms with van der Waals surface area (Å²) in [4.78, 5) is 12.4. The lowest BCUT2D eigenvalue weighted by molar-refractivity contribution is 0.102. The van der Waals surface area contributed by atoms with Crippen molar-refractivity contribution in [1.82, 2.24) is 0 Å². The predicted octanol–water partition coefficient (Wildman–Crippen LogP) is 3.98. The first-order valence-corrected chi connectivity index (χ1v) is 9.84. The van der Waals surface area contributed by atoms with E-state index < -0.39 is 10.0 Å². The Morgan fingerprint density at radius 1 is 0.731 bits per heavy atom. The van der Waals surface area contributed by atoms with Crippen molar-refractivity contribution in [1.29, 1.82) is 0 Å². The number of amides is 1.